The lowest BCUT2D eigenvalue weighted by Crippen LogP contribution is -2.40. The van der Waals surface area contributed by atoms with Crippen LogP contribution in [0.4, 0.5) is 4.79 Å². The summed E-state index contributed by atoms with van der Waals surface area (Å²) in [6, 6.07) is 5.43. The lowest BCUT2D eigenvalue weighted by molar-refractivity contribution is 0.0970. The molecular formula is C25H37N3O5S2. The Kier molecular flexibility index (Phi) is 8.96. The quantitative estimate of drug-likeness (QED) is 0.408. The molecule has 1 aliphatic carbocycles. The molecule has 0 spiro atoms. The molecule has 8 nitrogen and oxygen atoms in total. The van der Waals surface area contributed by atoms with Crippen LogP contribution in [0, 0.1) is 5.92 Å². The Hall–Kier alpha value is -2.01. The number of rotatable bonds is 9. The van der Waals surface area contributed by atoms with E-state index in [-0.39, 0.29) is 16.9 Å². The molecule has 1 fully saturated rings. The summed E-state index contributed by atoms with van der Waals surface area (Å²) in [5, 5.41) is 12.5. The van der Waals surface area contributed by atoms with Gasteiger partial charge in [-0.3, -0.25) is 0 Å². The number of thiazole rings is 1. The zero-order valence-corrected chi connectivity index (χ0v) is 22.8. The van der Waals surface area contributed by atoms with E-state index in [1.165, 1.54) is 11.3 Å². The lowest BCUT2D eigenvalue weighted by atomic mass is 9.86. The number of benzene rings is 1. The normalized spacial score (nSPS) is 19.1. The van der Waals surface area contributed by atoms with Gasteiger partial charge in [0.2, 0.25) is 10.0 Å². The van der Waals surface area contributed by atoms with Gasteiger partial charge in [0.1, 0.15) is 0 Å². The highest BCUT2D eigenvalue weighted by Crippen LogP contribution is 2.39. The standard InChI is InChI=1S/C25H37N3O5S2/c1-16(2)14-33-15-17-6-11-20(22(12-17)35(31,32)28-25(3,4)5)21-13-26-23(34-21)18-7-9-19(10-8-18)27-24(29)30/h6,11-13,16,18-19,27-28H,7-10,14-15H2,1-5H3,(H,29,30). The molecule has 194 valence electrons. The first-order chi connectivity index (χ1) is 16.3. The van der Waals surface area contributed by atoms with Crippen molar-refractivity contribution in [1.29, 1.82) is 0 Å². The third-order valence-corrected chi connectivity index (χ3v) is 8.68. The summed E-state index contributed by atoms with van der Waals surface area (Å²) < 4.78 is 35.3. The van der Waals surface area contributed by atoms with Crippen molar-refractivity contribution in [2.45, 2.75) is 89.3 Å². The Bertz CT molecular complexity index is 1110. The molecule has 0 saturated heterocycles. The zero-order chi connectivity index (χ0) is 25.8. The van der Waals surface area contributed by atoms with Gasteiger partial charge in [-0.1, -0.05) is 26.0 Å². The highest BCUT2D eigenvalue weighted by atomic mass is 32.2. The molecule has 3 N–H and O–H groups in total. The molecule has 3 rings (SSSR count). The maximum atomic E-state index is 13.4. The zero-order valence-electron chi connectivity index (χ0n) is 21.1. The number of ether oxygens (including phenoxy) is 1. The highest BCUT2D eigenvalue weighted by Gasteiger charge is 2.28. The van der Waals surface area contributed by atoms with Crippen molar-refractivity contribution in [3.8, 4) is 10.4 Å². The van der Waals surface area contributed by atoms with Crippen LogP contribution in [0.25, 0.3) is 10.4 Å². The van der Waals surface area contributed by atoms with Crippen LogP contribution in [0.3, 0.4) is 0 Å². The molecule has 2 aromatic rings. The van der Waals surface area contributed by atoms with Gasteiger partial charge < -0.3 is 15.2 Å². The highest BCUT2D eigenvalue weighted by molar-refractivity contribution is 7.89. The summed E-state index contributed by atoms with van der Waals surface area (Å²) in [4.78, 5) is 16.6. The van der Waals surface area contributed by atoms with Gasteiger partial charge in [-0.2, -0.15) is 0 Å². The molecule has 35 heavy (non-hydrogen) atoms. The van der Waals surface area contributed by atoms with Crippen LogP contribution >= 0.6 is 11.3 Å². The second-order valence-corrected chi connectivity index (χ2v) is 13.4. The molecule has 0 unspecified atom stereocenters. The fourth-order valence-corrected chi connectivity index (χ4v) is 7.09. The minimum absolute atomic E-state index is 0.0196. The minimum atomic E-state index is -3.79. The second-order valence-electron chi connectivity index (χ2n) is 10.7. The summed E-state index contributed by atoms with van der Waals surface area (Å²) in [7, 11) is -3.79. The Labute approximate surface area is 212 Å². The molecule has 1 aliphatic rings. The number of nitrogens with zero attached hydrogens (tertiary/aromatic N) is 1. The van der Waals surface area contributed by atoms with Gasteiger partial charge in [-0.25, -0.2) is 22.9 Å². The van der Waals surface area contributed by atoms with Gasteiger partial charge in [-0.05, 0) is 64.0 Å². The lowest BCUT2D eigenvalue weighted by Gasteiger charge is -2.27. The van der Waals surface area contributed by atoms with Crippen LogP contribution in [-0.2, 0) is 21.4 Å². The third kappa shape index (κ3) is 7.99. The van der Waals surface area contributed by atoms with Crippen molar-refractivity contribution in [2.75, 3.05) is 6.61 Å². The first-order valence-corrected chi connectivity index (χ1v) is 14.3. The van der Waals surface area contributed by atoms with Gasteiger partial charge in [0.05, 0.1) is 21.4 Å². The Morgan fingerprint density at radius 1 is 1.23 bits per heavy atom. The van der Waals surface area contributed by atoms with Crippen molar-refractivity contribution < 1.29 is 23.1 Å². The van der Waals surface area contributed by atoms with Crippen LogP contribution in [0.1, 0.15) is 76.8 Å². The molecule has 0 aliphatic heterocycles. The first-order valence-electron chi connectivity index (χ1n) is 12.0. The molecule has 1 heterocycles. The summed E-state index contributed by atoms with van der Waals surface area (Å²) in [5.41, 5.74) is 0.805. The fraction of sp³-hybridized carbons (Fsp3) is 0.600. The molecular weight excluding hydrogens is 486 g/mol. The van der Waals surface area contributed by atoms with Crippen LogP contribution in [0.2, 0.25) is 0 Å². The van der Waals surface area contributed by atoms with E-state index in [1.54, 1.807) is 12.3 Å². The predicted octanol–water partition coefficient (Wildman–Crippen LogP) is 5.35. The SMILES string of the molecule is CC(C)COCc1ccc(-c2cnc(C3CCC(NC(=O)O)CC3)s2)c(S(=O)(=O)NC(C)(C)C)c1. The van der Waals surface area contributed by atoms with E-state index in [2.05, 4.69) is 28.9 Å². The van der Waals surface area contributed by atoms with Gasteiger partial charge in [0.25, 0.3) is 0 Å². The van der Waals surface area contributed by atoms with Gasteiger partial charge in [-0.15, -0.1) is 11.3 Å². The number of carboxylic acid groups (broad SMARTS) is 1. The number of carbonyl (C=O) groups is 1. The number of sulfonamides is 1. The van der Waals surface area contributed by atoms with E-state index in [9.17, 15) is 13.2 Å². The van der Waals surface area contributed by atoms with E-state index in [0.29, 0.717) is 24.7 Å². The molecule has 1 aromatic heterocycles. The number of aromatic nitrogens is 1. The van der Waals surface area contributed by atoms with E-state index >= 15 is 0 Å². The van der Waals surface area contributed by atoms with E-state index in [4.69, 9.17) is 9.84 Å². The maximum absolute atomic E-state index is 13.4. The van der Waals surface area contributed by atoms with E-state index < -0.39 is 21.7 Å². The summed E-state index contributed by atoms with van der Waals surface area (Å²) in [6.07, 6.45) is 4.00. The monoisotopic (exact) mass is 523 g/mol. The number of hydrogen-bond acceptors (Lipinski definition) is 6. The molecule has 0 bridgehead atoms. The molecule has 0 radical (unpaired) electrons. The summed E-state index contributed by atoms with van der Waals surface area (Å²) >= 11 is 1.51. The second kappa shape index (κ2) is 11.4. The molecule has 0 atom stereocenters. The van der Waals surface area contributed by atoms with E-state index in [0.717, 1.165) is 41.1 Å². The van der Waals surface area contributed by atoms with E-state index in [1.807, 2.05) is 32.9 Å². The van der Waals surface area contributed by atoms with Gasteiger partial charge >= 0.3 is 6.09 Å². The van der Waals surface area contributed by atoms with Crippen molar-refractivity contribution >= 4 is 27.5 Å². The van der Waals surface area contributed by atoms with Crippen LogP contribution in [0.15, 0.2) is 29.3 Å². The molecule has 10 heteroatoms. The van der Waals surface area contributed by atoms with Crippen molar-refractivity contribution in [2.24, 2.45) is 5.92 Å². The summed E-state index contributed by atoms with van der Waals surface area (Å²) in [5.74, 6) is 0.641. The topological polar surface area (TPSA) is 118 Å². The largest absolute Gasteiger partial charge is 0.465 e. The van der Waals surface area contributed by atoms with Crippen molar-refractivity contribution in [3.63, 3.8) is 0 Å². The maximum Gasteiger partial charge on any atom is 0.404 e. The Morgan fingerprint density at radius 3 is 2.51 bits per heavy atom. The Morgan fingerprint density at radius 2 is 1.91 bits per heavy atom. The third-order valence-electron chi connectivity index (χ3n) is 5.69. The minimum Gasteiger partial charge on any atom is -0.465 e. The molecule has 1 aromatic carbocycles. The molecule has 1 saturated carbocycles. The fourth-order valence-electron chi connectivity index (χ4n) is 4.21. The number of amides is 1. The van der Waals surface area contributed by atoms with Crippen molar-refractivity contribution in [1.82, 2.24) is 15.0 Å². The average Bonchev–Trinajstić information content (AvgIpc) is 3.22. The average molecular weight is 524 g/mol. The predicted molar refractivity (Wildman–Crippen MR) is 138 cm³/mol. The number of hydrogen-bond donors (Lipinski definition) is 3. The van der Waals surface area contributed by atoms with Gasteiger partial charge in [0, 0.05) is 35.9 Å². The molecule has 1 amide bonds. The van der Waals surface area contributed by atoms with Gasteiger partial charge in [0.15, 0.2) is 0 Å². The van der Waals surface area contributed by atoms with Crippen LogP contribution in [0.5, 0.6) is 0 Å². The number of nitrogens with one attached hydrogen (secondary N) is 2. The van der Waals surface area contributed by atoms with Crippen LogP contribution in [-0.4, -0.2) is 42.8 Å². The van der Waals surface area contributed by atoms with Crippen molar-refractivity contribution in [3.05, 3.63) is 35.0 Å². The first kappa shape index (κ1) is 27.6. The summed E-state index contributed by atoms with van der Waals surface area (Å²) in [6.45, 7) is 10.6. The van der Waals surface area contributed by atoms with Crippen LogP contribution < -0.4 is 10.0 Å². The smallest absolute Gasteiger partial charge is 0.404 e. The Balaban J connectivity index is 1.87.